The fraction of sp³-hybridized carbons (Fsp3) is 0.800. The Hall–Kier alpha value is -1.06. The minimum atomic E-state index is 0.369. The Kier molecular flexibility index (Phi) is 3.92. The van der Waals surface area contributed by atoms with Crippen LogP contribution >= 0.6 is 0 Å². The molecule has 0 bridgehead atoms. The second-order valence-electron chi connectivity index (χ2n) is 4.04. The fourth-order valence-electron chi connectivity index (χ4n) is 0.981. The standard InChI is InChI=1S/C10H19N3O/c1-5-8(4)9-12-10(14-13-9)11-6-7(2)3/h7-8H,5-6H2,1-4H3,(H,11,12,13). The van der Waals surface area contributed by atoms with Gasteiger partial charge in [0.15, 0.2) is 5.82 Å². The zero-order chi connectivity index (χ0) is 10.6. The molecule has 0 spiro atoms. The molecule has 1 heterocycles. The van der Waals surface area contributed by atoms with E-state index in [1.165, 1.54) is 0 Å². The lowest BCUT2D eigenvalue weighted by atomic mass is 10.1. The molecule has 4 heteroatoms. The number of hydrogen-bond donors (Lipinski definition) is 1. The first kappa shape index (κ1) is 11.0. The van der Waals surface area contributed by atoms with Crippen LogP contribution in [0, 0.1) is 5.92 Å². The molecule has 0 saturated heterocycles. The predicted octanol–water partition coefficient (Wildman–Crippen LogP) is 2.65. The number of rotatable bonds is 5. The van der Waals surface area contributed by atoms with Crippen LogP contribution in [0.1, 0.15) is 45.9 Å². The molecule has 0 aliphatic heterocycles. The number of nitrogens with zero attached hydrogens (tertiary/aromatic N) is 2. The van der Waals surface area contributed by atoms with Crippen LogP contribution in [0.4, 0.5) is 6.01 Å². The maximum atomic E-state index is 5.07. The molecule has 0 amide bonds. The molecule has 0 saturated carbocycles. The third kappa shape index (κ3) is 3.01. The van der Waals surface area contributed by atoms with E-state index in [0.717, 1.165) is 18.8 Å². The van der Waals surface area contributed by atoms with E-state index in [1.807, 2.05) is 0 Å². The van der Waals surface area contributed by atoms with Gasteiger partial charge in [0.25, 0.3) is 0 Å². The summed E-state index contributed by atoms with van der Waals surface area (Å²) in [6.45, 7) is 9.35. The Bertz CT molecular complexity index is 270. The number of aromatic nitrogens is 2. The minimum Gasteiger partial charge on any atom is -0.338 e. The largest absolute Gasteiger partial charge is 0.338 e. The molecule has 80 valence electrons. The van der Waals surface area contributed by atoms with Crippen LogP contribution in [-0.4, -0.2) is 16.7 Å². The summed E-state index contributed by atoms with van der Waals surface area (Å²) in [6.07, 6.45) is 1.03. The third-order valence-electron chi connectivity index (χ3n) is 2.16. The van der Waals surface area contributed by atoms with Crippen LogP contribution in [0.2, 0.25) is 0 Å². The van der Waals surface area contributed by atoms with Gasteiger partial charge in [0.1, 0.15) is 0 Å². The number of nitrogens with one attached hydrogen (secondary N) is 1. The van der Waals surface area contributed by atoms with E-state index in [2.05, 4.69) is 43.2 Å². The Morgan fingerprint density at radius 3 is 2.64 bits per heavy atom. The number of hydrogen-bond acceptors (Lipinski definition) is 4. The summed E-state index contributed by atoms with van der Waals surface area (Å²) in [5, 5.41) is 7.02. The summed E-state index contributed by atoms with van der Waals surface area (Å²) in [7, 11) is 0. The molecule has 1 unspecified atom stereocenters. The SMILES string of the molecule is CCC(C)c1noc(NCC(C)C)n1. The summed E-state index contributed by atoms with van der Waals surface area (Å²) in [5.74, 6) is 1.74. The molecule has 1 rings (SSSR count). The van der Waals surface area contributed by atoms with E-state index >= 15 is 0 Å². The van der Waals surface area contributed by atoms with Crippen molar-refractivity contribution in [3.63, 3.8) is 0 Å². The van der Waals surface area contributed by atoms with Crippen molar-refractivity contribution in [1.82, 2.24) is 10.1 Å². The molecule has 0 aliphatic rings. The van der Waals surface area contributed by atoms with Gasteiger partial charge in [-0.05, 0) is 12.3 Å². The Labute approximate surface area is 85.1 Å². The van der Waals surface area contributed by atoms with Gasteiger partial charge in [0, 0.05) is 12.5 Å². The highest BCUT2D eigenvalue weighted by atomic mass is 16.5. The number of anilines is 1. The molecule has 1 N–H and O–H groups in total. The molecular weight excluding hydrogens is 178 g/mol. The molecule has 0 aromatic carbocycles. The highest BCUT2D eigenvalue weighted by Crippen LogP contribution is 2.16. The highest BCUT2D eigenvalue weighted by Gasteiger charge is 2.11. The van der Waals surface area contributed by atoms with E-state index in [0.29, 0.717) is 17.9 Å². The quantitative estimate of drug-likeness (QED) is 0.788. The van der Waals surface area contributed by atoms with Crippen molar-refractivity contribution in [1.29, 1.82) is 0 Å². The van der Waals surface area contributed by atoms with Crippen molar-refractivity contribution in [3.8, 4) is 0 Å². The summed E-state index contributed by atoms with van der Waals surface area (Å²) >= 11 is 0. The van der Waals surface area contributed by atoms with E-state index in [-0.39, 0.29) is 0 Å². The Balaban J connectivity index is 2.50. The van der Waals surface area contributed by atoms with Crippen LogP contribution in [0.5, 0.6) is 0 Å². The monoisotopic (exact) mass is 197 g/mol. The summed E-state index contributed by atoms with van der Waals surface area (Å²) in [4.78, 5) is 4.26. The van der Waals surface area contributed by atoms with E-state index in [1.54, 1.807) is 0 Å². The fourth-order valence-corrected chi connectivity index (χ4v) is 0.981. The smallest absolute Gasteiger partial charge is 0.321 e. The Morgan fingerprint density at radius 1 is 1.36 bits per heavy atom. The van der Waals surface area contributed by atoms with Crippen molar-refractivity contribution in [2.45, 2.75) is 40.0 Å². The van der Waals surface area contributed by atoms with Gasteiger partial charge in [-0.3, -0.25) is 0 Å². The maximum Gasteiger partial charge on any atom is 0.321 e. The van der Waals surface area contributed by atoms with Crippen LogP contribution in [0.25, 0.3) is 0 Å². The highest BCUT2D eigenvalue weighted by molar-refractivity contribution is 5.18. The van der Waals surface area contributed by atoms with Gasteiger partial charge < -0.3 is 9.84 Å². The molecule has 0 aliphatic carbocycles. The average Bonchev–Trinajstić information content (AvgIpc) is 2.62. The predicted molar refractivity (Wildman–Crippen MR) is 56.3 cm³/mol. The molecule has 14 heavy (non-hydrogen) atoms. The van der Waals surface area contributed by atoms with E-state index in [9.17, 15) is 0 Å². The van der Waals surface area contributed by atoms with Gasteiger partial charge in [-0.2, -0.15) is 4.98 Å². The Morgan fingerprint density at radius 2 is 2.07 bits per heavy atom. The summed E-state index contributed by atoms with van der Waals surface area (Å²) in [6, 6.07) is 0.536. The minimum absolute atomic E-state index is 0.369. The van der Waals surface area contributed by atoms with E-state index < -0.39 is 0 Å². The van der Waals surface area contributed by atoms with Crippen molar-refractivity contribution in [2.75, 3.05) is 11.9 Å². The van der Waals surface area contributed by atoms with Crippen molar-refractivity contribution < 1.29 is 4.52 Å². The van der Waals surface area contributed by atoms with Crippen LogP contribution < -0.4 is 5.32 Å². The van der Waals surface area contributed by atoms with Gasteiger partial charge >= 0.3 is 6.01 Å². The molecular formula is C10H19N3O. The first-order valence-corrected chi connectivity index (χ1v) is 5.21. The van der Waals surface area contributed by atoms with Crippen LogP contribution in [0.15, 0.2) is 4.52 Å². The second kappa shape index (κ2) is 4.98. The summed E-state index contributed by atoms with van der Waals surface area (Å²) in [5.41, 5.74) is 0. The van der Waals surface area contributed by atoms with Crippen LogP contribution in [-0.2, 0) is 0 Å². The first-order valence-electron chi connectivity index (χ1n) is 5.21. The lowest BCUT2D eigenvalue weighted by Gasteiger charge is -2.03. The zero-order valence-electron chi connectivity index (χ0n) is 9.37. The molecule has 0 radical (unpaired) electrons. The molecule has 1 aromatic rings. The van der Waals surface area contributed by atoms with Gasteiger partial charge in [0.05, 0.1) is 0 Å². The molecule has 1 atom stereocenters. The van der Waals surface area contributed by atoms with E-state index in [4.69, 9.17) is 4.52 Å². The third-order valence-corrected chi connectivity index (χ3v) is 2.16. The van der Waals surface area contributed by atoms with Crippen LogP contribution in [0.3, 0.4) is 0 Å². The molecule has 1 aromatic heterocycles. The second-order valence-corrected chi connectivity index (χ2v) is 4.04. The van der Waals surface area contributed by atoms with Gasteiger partial charge in [-0.25, -0.2) is 0 Å². The zero-order valence-corrected chi connectivity index (χ0v) is 9.37. The topological polar surface area (TPSA) is 51.0 Å². The van der Waals surface area contributed by atoms with Crippen molar-refractivity contribution in [3.05, 3.63) is 5.82 Å². The van der Waals surface area contributed by atoms with Crippen molar-refractivity contribution >= 4 is 6.01 Å². The maximum absolute atomic E-state index is 5.07. The average molecular weight is 197 g/mol. The van der Waals surface area contributed by atoms with Gasteiger partial charge in [-0.1, -0.05) is 32.9 Å². The molecule has 0 fully saturated rings. The van der Waals surface area contributed by atoms with Gasteiger partial charge in [-0.15, -0.1) is 0 Å². The lowest BCUT2D eigenvalue weighted by molar-refractivity contribution is 0.415. The van der Waals surface area contributed by atoms with Crippen molar-refractivity contribution in [2.24, 2.45) is 5.92 Å². The van der Waals surface area contributed by atoms with Gasteiger partial charge in [0.2, 0.25) is 0 Å². The lowest BCUT2D eigenvalue weighted by Crippen LogP contribution is -2.08. The summed E-state index contributed by atoms with van der Waals surface area (Å²) < 4.78 is 5.07. The molecule has 4 nitrogen and oxygen atoms in total. The normalized spacial score (nSPS) is 13.2. The first-order chi connectivity index (χ1) is 6.63.